The highest BCUT2D eigenvalue weighted by molar-refractivity contribution is 7.91. The van der Waals surface area contributed by atoms with Crippen molar-refractivity contribution in [1.82, 2.24) is 9.88 Å². The molecule has 2 heterocycles. The van der Waals surface area contributed by atoms with Crippen LogP contribution in [0.15, 0.2) is 45.1 Å². The van der Waals surface area contributed by atoms with Crippen LogP contribution in [0.25, 0.3) is 10.6 Å². The summed E-state index contributed by atoms with van der Waals surface area (Å²) in [5, 5.41) is 4.57. The number of hydrogen-bond donors (Lipinski definition) is 1. The highest BCUT2D eigenvalue weighted by Crippen LogP contribution is 2.33. The summed E-state index contributed by atoms with van der Waals surface area (Å²) < 4.78 is 33.1. The molecule has 3 rings (SSSR count). The van der Waals surface area contributed by atoms with Gasteiger partial charge in [-0.05, 0) is 50.1 Å². The van der Waals surface area contributed by atoms with Gasteiger partial charge in [-0.1, -0.05) is 28.9 Å². The molecule has 0 aliphatic rings. The van der Waals surface area contributed by atoms with Crippen LogP contribution in [0.4, 0.5) is 0 Å². The van der Waals surface area contributed by atoms with Crippen molar-refractivity contribution in [2.45, 2.75) is 24.5 Å². The molecule has 0 atom stereocenters. The van der Waals surface area contributed by atoms with Crippen molar-refractivity contribution in [3.05, 3.63) is 58.2 Å². The second-order valence-corrected chi connectivity index (χ2v) is 9.13. The summed E-state index contributed by atoms with van der Waals surface area (Å²) in [6.45, 7) is 4.07. The summed E-state index contributed by atoms with van der Waals surface area (Å²) in [5.41, 5.74) is 2.74. The zero-order chi connectivity index (χ0) is 18.0. The van der Waals surface area contributed by atoms with Gasteiger partial charge in [-0.25, -0.2) is 13.1 Å². The van der Waals surface area contributed by atoms with Crippen LogP contribution in [0.5, 0.6) is 0 Å². The maximum atomic E-state index is 12.4. The third-order valence-electron chi connectivity index (χ3n) is 3.85. The molecular weight excluding hydrogens is 380 g/mol. The lowest BCUT2D eigenvalue weighted by atomic mass is 10.2. The van der Waals surface area contributed by atoms with Gasteiger partial charge in [0.15, 0.2) is 5.76 Å². The van der Waals surface area contributed by atoms with Crippen LogP contribution in [-0.4, -0.2) is 20.1 Å². The monoisotopic (exact) mass is 396 g/mol. The number of nitrogens with zero attached hydrogens (tertiary/aromatic N) is 1. The number of thiophene rings is 1. The first-order valence-corrected chi connectivity index (χ1v) is 10.3. The summed E-state index contributed by atoms with van der Waals surface area (Å²) in [6.07, 6.45) is 0.592. The molecular formula is C17H17ClN2O3S2. The molecule has 132 valence electrons. The molecule has 0 aliphatic heterocycles. The van der Waals surface area contributed by atoms with Crippen molar-refractivity contribution in [3.8, 4) is 10.6 Å². The maximum absolute atomic E-state index is 12.4. The number of nitrogens with one attached hydrogen (secondary N) is 1. The summed E-state index contributed by atoms with van der Waals surface area (Å²) in [5.74, 6) is 0.616. The van der Waals surface area contributed by atoms with E-state index in [4.69, 9.17) is 16.1 Å². The Morgan fingerprint density at radius 2 is 1.88 bits per heavy atom. The highest BCUT2D eigenvalue weighted by atomic mass is 35.5. The second-order valence-electron chi connectivity index (χ2n) is 5.62. The molecule has 25 heavy (non-hydrogen) atoms. The van der Waals surface area contributed by atoms with Crippen LogP contribution >= 0.6 is 22.9 Å². The molecule has 2 aromatic heterocycles. The number of sulfonamides is 1. The number of rotatable bonds is 6. The molecule has 1 N–H and O–H groups in total. The Hall–Kier alpha value is -1.67. The Labute approximate surface area is 155 Å². The minimum absolute atomic E-state index is 0.257. The zero-order valence-corrected chi connectivity index (χ0v) is 16.1. The largest absolute Gasteiger partial charge is 0.355 e. The average molecular weight is 397 g/mol. The molecule has 0 saturated carbocycles. The van der Waals surface area contributed by atoms with E-state index in [1.54, 1.807) is 24.3 Å². The van der Waals surface area contributed by atoms with Gasteiger partial charge in [0.1, 0.15) is 4.21 Å². The van der Waals surface area contributed by atoms with E-state index in [2.05, 4.69) is 9.88 Å². The number of aromatic nitrogens is 1. The Morgan fingerprint density at radius 3 is 2.52 bits per heavy atom. The fraction of sp³-hybridized carbons (Fsp3) is 0.235. The maximum Gasteiger partial charge on any atom is 0.250 e. The lowest BCUT2D eigenvalue weighted by Gasteiger charge is -2.05. The molecule has 0 aliphatic carbocycles. The lowest BCUT2D eigenvalue weighted by molar-refractivity contribution is 0.427. The van der Waals surface area contributed by atoms with Crippen LogP contribution < -0.4 is 4.72 Å². The Bertz CT molecular complexity index is 976. The molecule has 0 saturated heterocycles. The van der Waals surface area contributed by atoms with E-state index in [-0.39, 0.29) is 4.21 Å². The zero-order valence-electron chi connectivity index (χ0n) is 13.7. The fourth-order valence-electron chi connectivity index (χ4n) is 2.28. The molecule has 0 amide bonds. The highest BCUT2D eigenvalue weighted by Gasteiger charge is 2.19. The van der Waals surface area contributed by atoms with Crippen LogP contribution in [0, 0.1) is 13.8 Å². The average Bonchev–Trinajstić information content (AvgIpc) is 3.18. The SMILES string of the molecule is Cc1noc(-c2ccc(S(=O)(=O)NCCc3ccc(Cl)cc3)s2)c1C. The second kappa shape index (κ2) is 7.29. The third-order valence-corrected chi connectivity index (χ3v) is 7.14. The first kappa shape index (κ1) is 18.1. The van der Waals surface area contributed by atoms with E-state index in [0.717, 1.165) is 21.7 Å². The van der Waals surface area contributed by atoms with E-state index in [1.165, 1.54) is 11.3 Å². The minimum Gasteiger partial charge on any atom is -0.355 e. The van der Waals surface area contributed by atoms with Gasteiger partial charge in [0.25, 0.3) is 0 Å². The first-order chi connectivity index (χ1) is 11.9. The fourth-order valence-corrected chi connectivity index (χ4v) is 4.83. The minimum atomic E-state index is -3.55. The lowest BCUT2D eigenvalue weighted by Crippen LogP contribution is -2.25. The van der Waals surface area contributed by atoms with Crippen molar-refractivity contribution < 1.29 is 12.9 Å². The molecule has 5 nitrogen and oxygen atoms in total. The summed E-state index contributed by atoms with van der Waals surface area (Å²) in [6, 6.07) is 10.7. The van der Waals surface area contributed by atoms with E-state index in [1.807, 2.05) is 26.0 Å². The predicted octanol–water partition coefficient (Wildman–Crippen LogP) is 4.19. The number of halogens is 1. The van der Waals surface area contributed by atoms with Gasteiger partial charge in [0.05, 0.1) is 10.6 Å². The van der Waals surface area contributed by atoms with Crippen molar-refractivity contribution in [2.24, 2.45) is 0 Å². The van der Waals surface area contributed by atoms with E-state index < -0.39 is 10.0 Å². The van der Waals surface area contributed by atoms with Crippen LogP contribution in [0.3, 0.4) is 0 Å². The normalized spacial score (nSPS) is 11.8. The van der Waals surface area contributed by atoms with Crippen molar-refractivity contribution >= 4 is 33.0 Å². The smallest absolute Gasteiger partial charge is 0.250 e. The quantitative estimate of drug-likeness (QED) is 0.677. The van der Waals surface area contributed by atoms with Gasteiger partial charge < -0.3 is 4.52 Å². The Balaban J connectivity index is 1.68. The van der Waals surface area contributed by atoms with Gasteiger partial charge in [0, 0.05) is 17.1 Å². The molecule has 0 unspecified atom stereocenters. The van der Waals surface area contributed by atoms with Crippen molar-refractivity contribution in [3.63, 3.8) is 0 Å². The van der Waals surface area contributed by atoms with E-state index in [0.29, 0.717) is 23.7 Å². The van der Waals surface area contributed by atoms with Gasteiger partial charge in [-0.2, -0.15) is 0 Å². The van der Waals surface area contributed by atoms with Crippen molar-refractivity contribution in [2.75, 3.05) is 6.54 Å². The summed E-state index contributed by atoms with van der Waals surface area (Å²) in [4.78, 5) is 0.746. The molecule has 0 bridgehead atoms. The Morgan fingerprint density at radius 1 is 1.16 bits per heavy atom. The van der Waals surface area contributed by atoms with Crippen LogP contribution in [0.2, 0.25) is 5.02 Å². The number of aryl methyl sites for hydroxylation is 1. The van der Waals surface area contributed by atoms with Crippen LogP contribution in [0.1, 0.15) is 16.8 Å². The molecule has 0 spiro atoms. The standard InChI is InChI=1S/C17H17ClN2O3S2/c1-11-12(2)20-23-17(11)15-7-8-16(24-15)25(21,22)19-10-9-13-3-5-14(18)6-4-13/h3-8,19H,9-10H2,1-2H3. The first-order valence-electron chi connectivity index (χ1n) is 7.64. The molecule has 0 fully saturated rings. The van der Waals surface area contributed by atoms with E-state index in [9.17, 15) is 8.42 Å². The molecule has 8 heteroatoms. The van der Waals surface area contributed by atoms with Gasteiger partial charge in [0.2, 0.25) is 10.0 Å². The third kappa shape index (κ3) is 4.12. The topological polar surface area (TPSA) is 72.2 Å². The molecule has 3 aromatic rings. The van der Waals surface area contributed by atoms with Crippen LogP contribution in [-0.2, 0) is 16.4 Å². The molecule has 1 aromatic carbocycles. The number of hydrogen-bond acceptors (Lipinski definition) is 5. The predicted molar refractivity (Wildman–Crippen MR) is 99.6 cm³/mol. The number of benzene rings is 1. The Kier molecular flexibility index (Phi) is 5.29. The van der Waals surface area contributed by atoms with Crippen molar-refractivity contribution in [1.29, 1.82) is 0 Å². The van der Waals surface area contributed by atoms with Gasteiger partial charge in [-0.15, -0.1) is 11.3 Å². The molecule has 0 radical (unpaired) electrons. The van der Waals surface area contributed by atoms with Gasteiger partial charge >= 0.3 is 0 Å². The summed E-state index contributed by atoms with van der Waals surface area (Å²) in [7, 11) is -3.55. The van der Waals surface area contributed by atoms with Gasteiger partial charge in [-0.3, -0.25) is 0 Å². The van der Waals surface area contributed by atoms with E-state index >= 15 is 0 Å². The summed E-state index contributed by atoms with van der Waals surface area (Å²) >= 11 is 7.01.